The van der Waals surface area contributed by atoms with Crippen molar-refractivity contribution in [1.82, 2.24) is 5.32 Å². The third kappa shape index (κ3) is 3.54. The lowest BCUT2D eigenvalue weighted by Crippen LogP contribution is -2.41. The van der Waals surface area contributed by atoms with Gasteiger partial charge in [0.05, 0.1) is 6.61 Å². The van der Waals surface area contributed by atoms with Gasteiger partial charge in [0.25, 0.3) is 0 Å². The molecule has 0 aliphatic carbocycles. The van der Waals surface area contributed by atoms with Crippen LogP contribution in [0.15, 0.2) is 28.7 Å². The zero-order valence-corrected chi connectivity index (χ0v) is 11.9. The average molecular weight is 298 g/mol. The summed E-state index contributed by atoms with van der Waals surface area (Å²) >= 11 is 3.54. The van der Waals surface area contributed by atoms with Crippen molar-refractivity contribution in [1.29, 1.82) is 0 Å². The number of nitrogens with one attached hydrogen (secondary N) is 1. The smallest absolute Gasteiger partial charge is 0.0537 e. The van der Waals surface area contributed by atoms with Gasteiger partial charge in [0, 0.05) is 23.0 Å². The number of rotatable bonds is 4. The Bertz CT molecular complexity index is 355. The van der Waals surface area contributed by atoms with Crippen LogP contribution in [0.1, 0.15) is 18.4 Å². The van der Waals surface area contributed by atoms with E-state index in [2.05, 4.69) is 45.5 Å². The normalized spacial score (nSPS) is 24.8. The fourth-order valence-electron chi connectivity index (χ4n) is 2.71. The van der Waals surface area contributed by atoms with E-state index >= 15 is 0 Å². The molecule has 1 unspecified atom stereocenters. The molecule has 0 saturated carbocycles. The molecule has 0 aromatic heterocycles. The van der Waals surface area contributed by atoms with E-state index in [0.29, 0.717) is 0 Å². The lowest BCUT2D eigenvalue weighted by atomic mass is 9.77. The second-order valence-electron chi connectivity index (χ2n) is 4.99. The standard InChI is InChI=1S/C14H20BrNO/c1-16-10-14(6-3-7-17-11-14)9-12-4-2-5-13(15)8-12/h2,4-5,8,16H,3,6-7,9-11H2,1H3. The highest BCUT2D eigenvalue weighted by atomic mass is 79.9. The number of halogens is 1. The van der Waals surface area contributed by atoms with Gasteiger partial charge in [-0.2, -0.15) is 0 Å². The van der Waals surface area contributed by atoms with Crippen LogP contribution in [0.5, 0.6) is 0 Å². The minimum absolute atomic E-state index is 0.272. The van der Waals surface area contributed by atoms with Gasteiger partial charge in [-0.15, -0.1) is 0 Å². The van der Waals surface area contributed by atoms with Crippen molar-refractivity contribution in [2.45, 2.75) is 19.3 Å². The van der Waals surface area contributed by atoms with Crippen molar-refractivity contribution in [2.24, 2.45) is 5.41 Å². The summed E-state index contributed by atoms with van der Waals surface area (Å²) in [6.45, 7) is 2.82. The van der Waals surface area contributed by atoms with Crippen molar-refractivity contribution < 1.29 is 4.74 Å². The van der Waals surface area contributed by atoms with E-state index in [1.54, 1.807) is 0 Å². The summed E-state index contributed by atoms with van der Waals surface area (Å²) in [5.41, 5.74) is 1.66. The summed E-state index contributed by atoms with van der Waals surface area (Å²) in [5.74, 6) is 0. The minimum atomic E-state index is 0.272. The maximum atomic E-state index is 5.69. The van der Waals surface area contributed by atoms with Gasteiger partial charge in [-0.05, 0) is 44.0 Å². The zero-order valence-electron chi connectivity index (χ0n) is 10.3. The molecule has 1 aromatic rings. The monoisotopic (exact) mass is 297 g/mol. The molecule has 1 aliphatic heterocycles. The fourth-order valence-corrected chi connectivity index (χ4v) is 3.15. The highest BCUT2D eigenvalue weighted by Gasteiger charge is 2.32. The first-order valence-electron chi connectivity index (χ1n) is 6.21. The van der Waals surface area contributed by atoms with Gasteiger partial charge < -0.3 is 10.1 Å². The molecule has 1 aromatic carbocycles. The van der Waals surface area contributed by atoms with Crippen molar-refractivity contribution in [2.75, 3.05) is 26.8 Å². The second-order valence-corrected chi connectivity index (χ2v) is 5.91. The highest BCUT2D eigenvalue weighted by molar-refractivity contribution is 9.10. The largest absolute Gasteiger partial charge is 0.381 e. The van der Waals surface area contributed by atoms with E-state index in [1.165, 1.54) is 18.4 Å². The predicted octanol–water partition coefficient (Wildman–Crippen LogP) is 3.01. The van der Waals surface area contributed by atoms with Crippen LogP contribution >= 0.6 is 15.9 Å². The number of hydrogen-bond donors (Lipinski definition) is 1. The van der Waals surface area contributed by atoms with E-state index in [4.69, 9.17) is 4.74 Å². The summed E-state index contributed by atoms with van der Waals surface area (Å²) in [7, 11) is 2.03. The molecule has 1 atom stereocenters. The maximum Gasteiger partial charge on any atom is 0.0537 e. The van der Waals surface area contributed by atoms with Crippen LogP contribution in [0.4, 0.5) is 0 Å². The Morgan fingerprint density at radius 2 is 2.35 bits per heavy atom. The van der Waals surface area contributed by atoms with Crippen LogP contribution in [0.3, 0.4) is 0 Å². The molecule has 0 bridgehead atoms. The topological polar surface area (TPSA) is 21.3 Å². The third-order valence-electron chi connectivity index (χ3n) is 3.42. The van der Waals surface area contributed by atoms with E-state index in [1.807, 2.05) is 7.05 Å². The zero-order chi connectivity index (χ0) is 12.1. The Morgan fingerprint density at radius 3 is 3.00 bits per heavy atom. The predicted molar refractivity (Wildman–Crippen MR) is 74.3 cm³/mol. The molecule has 2 nitrogen and oxygen atoms in total. The third-order valence-corrected chi connectivity index (χ3v) is 3.92. The summed E-state index contributed by atoms with van der Waals surface area (Å²) in [6, 6.07) is 8.60. The molecule has 0 amide bonds. The molecule has 1 heterocycles. The Hall–Kier alpha value is -0.380. The van der Waals surface area contributed by atoms with E-state index in [9.17, 15) is 0 Å². The maximum absolute atomic E-state index is 5.69. The van der Waals surface area contributed by atoms with Crippen molar-refractivity contribution in [3.8, 4) is 0 Å². The molecular weight excluding hydrogens is 278 g/mol. The molecular formula is C14H20BrNO. The summed E-state index contributed by atoms with van der Waals surface area (Å²) in [6.07, 6.45) is 3.52. The van der Waals surface area contributed by atoms with Crippen LogP contribution in [0.25, 0.3) is 0 Å². The van der Waals surface area contributed by atoms with Crippen molar-refractivity contribution in [3.63, 3.8) is 0 Å². The Morgan fingerprint density at radius 1 is 1.47 bits per heavy atom. The summed E-state index contributed by atoms with van der Waals surface area (Å²) in [4.78, 5) is 0. The molecule has 2 rings (SSSR count). The molecule has 17 heavy (non-hydrogen) atoms. The quantitative estimate of drug-likeness (QED) is 0.922. The molecule has 1 saturated heterocycles. The number of ether oxygens (including phenoxy) is 1. The van der Waals surface area contributed by atoms with Crippen molar-refractivity contribution >= 4 is 15.9 Å². The van der Waals surface area contributed by atoms with Gasteiger partial charge in [0.1, 0.15) is 0 Å². The summed E-state index contributed by atoms with van der Waals surface area (Å²) in [5, 5.41) is 3.32. The Labute approximate surface area is 112 Å². The second kappa shape index (κ2) is 5.98. The average Bonchev–Trinajstić information content (AvgIpc) is 2.30. The molecule has 94 valence electrons. The van der Waals surface area contributed by atoms with Gasteiger partial charge in [-0.1, -0.05) is 28.1 Å². The first kappa shape index (κ1) is 13.1. The Kier molecular flexibility index (Phi) is 4.60. The minimum Gasteiger partial charge on any atom is -0.381 e. The van der Waals surface area contributed by atoms with E-state index < -0.39 is 0 Å². The van der Waals surface area contributed by atoms with Crippen LogP contribution in [-0.2, 0) is 11.2 Å². The van der Waals surface area contributed by atoms with Gasteiger partial charge in [-0.3, -0.25) is 0 Å². The first-order chi connectivity index (χ1) is 8.24. The molecule has 1 aliphatic rings. The van der Waals surface area contributed by atoms with Crippen LogP contribution in [0.2, 0.25) is 0 Å². The van der Waals surface area contributed by atoms with Gasteiger partial charge >= 0.3 is 0 Å². The molecule has 0 radical (unpaired) electrons. The highest BCUT2D eigenvalue weighted by Crippen LogP contribution is 2.32. The molecule has 1 fully saturated rings. The van der Waals surface area contributed by atoms with E-state index in [-0.39, 0.29) is 5.41 Å². The summed E-state index contributed by atoms with van der Waals surface area (Å²) < 4.78 is 6.85. The van der Waals surface area contributed by atoms with Gasteiger partial charge in [-0.25, -0.2) is 0 Å². The number of hydrogen-bond acceptors (Lipinski definition) is 2. The fraction of sp³-hybridized carbons (Fsp3) is 0.571. The Balaban J connectivity index is 2.11. The number of benzene rings is 1. The molecule has 0 spiro atoms. The molecule has 3 heteroatoms. The van der Waals surface area contributed by atoms with Crippen molar-refractivity contribution in [3.05, 3.63) is 34.3 Å². The SMILES string of the molecule is CNCC1(Cc2cccc(Br)c2)CCCOC1. The molecule has 1 N–H and O–H groups in total. The van der Waals surface area contributed by atoms with E-state index in [0.717, 1.165) is 30.7 Å². The first-order valence-corrected chi connectivity index (χ1v) is 7.00. The van der Waals surface area contributed by atoms with Gasteiger partial charge in [0.15, 0.2) is 0 Å². The van der Waals surface area contributed by atoms with Crippen LogP contribution in [-0.4, -0.2) is 26.8 Å². The lowest BCUT2D eigenvalue weighted by molar-refractivity contribution is -0.00624. The van der Waals surface area contributed by atoms with Gasteiger partial charge in [0.2, 0.25) is 0 Å². The van der Waals surface area contributed by atoms with Crippen LogP contribution in [0, 0.1) is 5.41 Å². The lowest BCUT2D eigenvalue weighted by Gasteiger charge is -2.37. The van der Waals surface area contributed by atoms with Crippen LogP contribution < -0.4 is 5.32 Å².